The minimum absolute atomic E-state index is 0.240. The largest absolute Gasteiger partial charge is 0.389 e. The van der Waals surface area contributed by atoms with Crippen molar-refractivity contribution in [1.82, 2.24) is 0 Å². The highest BCUT2D eigenvalue weighted by molar-refractivity contribution is 7.80. The number of carbonyl (C=O) groups is 1. The summed E-state index contributed by atoms with van der Waals surface area (Å²) >= 11 is 10.9. The van der Waals surface area contributed by atoms with E-state index in [2.05, 4.69) is 5.32 Å². The second-order valence-electron chi connectivity index (χ2n) is 4.32. The Morgan fingerprint density at radius 1 is 1.20 bits per heavy atom. The molecule has 0 radical (unpaired) electrons. The summed E-state index contributed by atoms with van der Waals surface area (Å²) in [7, 11) is 0. The van der Waals surface area contributed by atoms with Crippen LogP contribution in [0.4, 0.5) is 5.69 Å². The number of amides is 1. The summed E-state index contributed by atoms with van der Waals surface area (Å²) in [6.07, 6.45) is 0. The van der Waals surface area contributed by atoms with E-state index < -0.39 is 0 Å². The molecule has 5 heteroatoms. The molecule has 0 saturated heterocycles. The van der Waals surface area contributed by atoms with Crippen molar-refractivity contribution in [2.24, 2.45) is 5.73 Å². The van der Waals surface area contributed by atoms with Crippen LogP contribution in [0.1, 0.15) is 21.5 Å². The van der Waals surface area contributed by atoms with Crippen molar-refractivity contribution in [3.8, 4) is 0 Å². The Balaban J connectivity index is 2.33. The molecular weight excluding hydrogens is 292 g/mol. The van der Waals surface area contributed by atoms with Crippen LogP contribution in [0.3, 0.4) is 0 Å². The van der Waals surface area contributed by atoms with E-state index in [9.17, 15) is 4.79 Å². The summed E-state index contributed by atoms with van der Waals surface area (Å²) in [5, 5.41) is 3.33. The number of hydrogen-bond acceptors (Lipinski definition) is 2. The summed E-state index contributed by atoms with van der Waals surface area (Å²) in [5.41, 5.74) is 8.23. The smallest absolute Gasteiger partial charge is 0.255 e. The molecule has 0 spiro atoms. The van der Waals surface area contributed by atoms with Crippen molar-refractivity contribution in [1.29, 1.82) is 0 Å². The lowest BCUT2D eigenvalue weighted by Gasteiger charge is -2.11. The maximum absolute atomic E-state index is 12.3. The van der Waals surface area contributed by atoms with Gasteiger partial charge in [0.25, 0.3) is 5.91 Å². The number of hydrogen-bond donors (Lipinski definition) is 2. The number of anilines is 1. The van der Waals surface area contributed by atoms with Gasteiger partial charge in [0.2, 0.25) is 0 Å². The van der Waals surface area contributed by atoms with Crippen LogP contribution < -0.4 is 11.1 Å². The molecule has 2 aromatic carbocycles. The lowest BCUT2D eigenvalue weighted by atomic mass is 10.1. The zero-order valence-electron chi connectivity index (χ0n) is 10.8. The molecule has 0 aliphatic heterocycles. The van der Waals surface area contributed by atoms with Gasteiger partial charge < -0.3 is 11.1 Å². The molecule has 3 N–H and O–H groups in total. The molecule has 0 aliphatic carbocycles. The second kappa shape index (κ2) is 6.03. The summed E-state index contributed by atoms with van der Waals surface area (Å²) < 4.78 is 0. The molecule has 0 aliphatic rings. The van der Waals surface area contributed by atoms with Crippen LogP contribution in [-0.2, 0) is 0 Å². The Labute approximate surface area is 127 Å². The first-order valence-corrected chi connectivity index (χ1v) is 6.74. The standard InChI is InChI=1S/C15H13ClN2OS/c1-9-6-7-10(16)8-12(9)15(19)18-13-5-3-2-4-11(13)14(17)20/h2-8H,1H3,(H2,17,20)(H,18,19). The van der Waals surface area contributed by atoms with Gasteiger partial charge in [-0.2, -0.15) is 0 Å². The maximum Gasteiger partial charge on any atom is 0.255 e. The van der Waals surface area contributed by atoms with Crippen LogP contribution in [0.2, 0.25) is 5.02 Å². The molecule has 0 aromatic heterocycles. The molecule has 3 nitrogen and oxygen atoms in total. The number of nitrogens with two attached hydrogens (primary N) is 1. The van der Waals surface area contributed by atoms with Crippen LogP contribution in [0.5, 0.6) is 0 Å². The van der Waals surface area contributed by atoms with Crippen molar-refractivity contribution in [3.63, 3.8) is 0 Å². The van der Waals surface area contributed by atoms with E-state index in [0.717, 1.165) is 5.56 Å². The number of aryl methyl sites for hydroxylation is 1. The predicted molar refractivity (Wildman–Crippen MR) is 86.5 cm³/mol. The molecule has 0 saturated carbocycles. The molecule has 20 heavy (non-hydrogen) atoms. The quantitative estimate of drug-likeness (QED) is 0.853. The monoisotopic (exact) mass is 304 g/mol. The lowest BCUT2D eigenvalue weighted by molar-refractivity contribution is 0.102. The van der Waals surface area contributed by atoms with Gasteiger partial charge in [0.15, 0.2) is 0 Å². The van der Waals surface area contributed by atoms with E-state index in [1.807, 2.05) is 19.1 Å². The van der Waals surface area contributed by atoms with E-state index in [1.165, 1.54) is 0 Å². The Hall–Kier alpha value is -1.91. The maximum atomic E-state index is 12.3. The number of para-hydroxylation sites is 1. The second-order valence-corrected chi connectivity index (χ2v) is 5.20. The van der Waals surface area contributed by atoms with E-state index >= 15 is 0 Å². The Kier molecular flexibility index (Phi) is 4.37. The number of rotatable bonds is 3. The fraction of sp³-hybridized carbons (Fsp3) is 0.0667. The van der Waals surface area contributed by atoms with Gasteiger partial charge in [-0.25, -0.2) is 0 Å². The van der Waals surface area contributed by atoms with Crippen molar-refractivity contribution in [3.05, 3.63) is 64.2 Å². The summed E-state index contributed by atoms with van der Waals surface area (Å²) in [6.45, 7) is 1.85. The Morgan fingerprint density at radius 3 is 2.60 bits per heavy atom. The molecule has 0 heterocycles. The molecule has 0 unspecified atom stereocenters. The van der Waals surface area contributed by atoms with E-state index in [-0.39, 0.29) is 10.9 Å². The first kappa shape index (κ1) is 14.5. The molecule has 1 amide bonds. The van der Waals surface area contributed by atoms with Gasteiger partial charge in [0.05, 0.1) is 5.69 Å². The van der Waals surface area contributed by atoms with Gasteiger partial charge in [0.1, 0.15) is 4.99 Å². The fourth-order valence-corrected chi connectivity index (χ4v) is 2.19. The number of nitrogens with one attached hydrogen (secondary N) is 1. The van der Waals surface area contributed by atoms with Crippen LogP contribution >= 0.6 is 23.8 Å². The first-order chi connectivity index (χ1) is 9.49. The van der Waals surface area contributed by atoms with E-state index in [1.54, 1.807) is 30.3 Å². The number of thiocarbonyl (C=S) groups is 1. The normalized spacial score (nSPS) is 10.1. The Morgan fingerprint density at radius 2 is 1.90 bits per heavy atom. The average molecular weight is 305 g/mol. The minimum atomic E-state index is -0.242. The summed E-state index contributed by atoms with van der Waals surface area (Å²) in [6, 6.07) is 12.3. The van der Waals surface area contributed by atoms with Crippen molar-refractivity contribution in [2.75, 3.05) is 5.32 Å². The molecule has 0 fully saturated rings. The van der Waals surface area contributed by atoms with Gasteiger partial charge in [-0.3, -0.25) is 4.79 Å². The molecule has 0 bridgehead atoms. The third kappa shape index (κ3) is 3.15. The SMILES string of the molecule is Cc1ccc(Cl)cc1C(=O)Nc1ccccc1C(N)=S. The highest BCUT2D eigenvalue weighted by Crippen LogP contribution is 2.19. The molecule has 2 aromatic rings. The molecule has 2 rings (SSSR count). The highest BCUT2D eigenvalue weighted by Gasteiger charge is 2.12. The number of halogens is 1. The molecule has 102 valence electrons. The lowest BCUT2D eigenvalue weighted by Crippen LogP contribution is -2.18. The van der Waals surface area contributed by atoms with Crippen LogP contribution in [0.15, 0.2) is 42.5 Å². The van der Waals surface area contributed by atoms with Crippen LogP contribution in [-0.4, -0.2) is 10.9 Å². The topological polar surface area (TPSA) is 55.1 Å². The van der Waals surface area contributed by atoms with Crippen LogP contribution in [0, 0.1) is 6.92 Å². The van der Waals surface area contributed by atoms with Gasteiger partial charge >= 0.3 is 0 Å². The Bertz CT molecular complexity index is 685. The average Bonchev–Trinajstić information content (AvgIpc) is 2.41. The fourth-order valence-electron chi connectivity index (χ4n) is 1.84. The number of carbonyl (C=O) groups excluding carboxylic acids is 1. The summed E-state index contributed by atoms with van der Waals surface area (Å²) in [5.74, 6) is -0.242. The molecular formula is C15H13ClN2OS. The van der Waals surface area contributed by atoms with Gasteiger partial charge in [0, 0.05) is 16.1 Å². The third-order valence-electron chi connectivity index (χ3n) is 2.88. The highest BCUT2D eigenvalue weighted by atomic mass is 35.5. The van der Waals surface area contributed by atoms with Gasteiger partial charge in [-0.15, -0.1) is 0 Å². The van der Waals surface area contributed by atoms with Crippen molar-refractivity contribution < 1.29 is 4.79 Å². The van der Waals surface area contributed by atoms with E-state index in [0.29, 0.717) is 21.8 Å². The minimum Gasteiger partial charge on any atom is -0.389 e. The number of benzene rings is 2. The third-order valence-corrected chi connectivity index (χ3v) is 3.34. The van der Waals surface area contributed by atoms with Crippen LogP contribution in [0.25, 0.3) is 0 Å². The molecule has 0 atom stereocenters. The van der Waals surface area contributed by atoms with Crippen molar-refractivity contribution >= 4 is 40.4 Å². The van der Waals surface area contributed by atoms with Gasteiger partial charge in [-0.1, -0.05) is 42.0 Å². The zero-order valence-corrected chi connectivity index (χ0v) is 12.4. The zero-order chi connectivity index (χ0) is 14.7. The van der Waals surface area contributed by atoms with Crippen molar-refractivity contribution in [2.45, 2.75) is 6.92 Å². The first-order valence-electron chi connectivity index (χ1n) is 5.95. The van der Waals surface area contributed by atoms with E-state index in [4.69, 9.17) is 29.6 Å². The predicted octanol–water partition coefficient (Wildman–Crippen LogP) is 3.53. The van der Waals surface area contributed by atoms with Gasteiger partial charge in [-0.05, 0) is 36.8 Å². The summed E-state index contributed by atoms with van der Waals surface area (Å²) in [4.78, 5) is 12.5.